The van der Waals surface area contributed by atoms with Gasteiger partial charge in [-0.25, -0.2) is 0 Å². The summed E-state index contributed by atoms with van der Waals surface area (Å²) in [6.07, 6.45) is 4.69. The van der Waals surface area contributed by atoms with Crippen molar-refractivity contribution in [2.45, 2.75) is 40.0 Å². The highest BCUT2D eigenvalue weighted by molar-refractivity contribution is 5.29. The lowest BCUT2D eigenvalue weighted by molar-refractivity contribution is 0.175. The fourth-order valence-electron chi connectivity index (χ4n) is 4.11. The minimum atomic E-state index is 0.787. The van der Waals surface area contributed by atoms with E-state index in [2.05, 4.69) is 20.8 Å². The van der Waals surface area contributed by atoms with Crippen LogP contribution in [0.2, 0.25) is 0 Å². The fraction of sp³-hybridized carbons (Fsp3) is 1.00. The molecule has 0 heterocycles. The highest BCUT2D eigenvalue weighted by Crippen LogP contribution is 2.88. The van der Waals surface area contributed by atoms with E-state index in [0.29, 0.717) is 0 Å². The summed E-state index contributed by atoms with van der Waals surface area (Å²) >= 11 is 0. The summed E-state index contributed by atoms with van der Waals surface area (Å²) < 4.78 is 0. The van der Waals surface area contributed by atoms with Crippen molar-refractivity contribution < 1.29 is 0 Å². The molecule has 0 radical (unpaired) electrons. The molecule has 3 rings (SSSR count). The van der Waals surface area contributed by atoms with Crippen molar-refractivity contribution in [3.8, 4) is 0 Å². The third-order valence-electron chi connectivity index (χ3n) is 5.44. The second kappa shape index (κ2) is 1.41. The van der Waals surface area contributed by atoms with E-state index in [0.717, 1.165) is 28.6 Å². The third kappa shape index (κ3) is 0.494. The lowest BCUT2D eigenvalue weighted by Crippen LogP contribution is -2.24. The van der Waals surface area contributed by atoms with E-state index in [9.17, 15) is 0 Å². The first-order valence-electron chi connectivity index (χ1n) is 5.10. The van der Waals surface area contributed by atoms with Crippen LogP contribution < -0.4 is 0 Å². The maximum atomic E-state index is 2.54. The van der Waals surface area contributed by atoms with Crippen LogP contribution in [-0.2, 0) is 0 Å². The van der Waals surface area contributed by atoms with E-state index in [1.165, 1.54) is 6.42 Å². The third-order valence-corrected chi connectivity index (χ3v) is 5.44. The Hall–Kier alpha value is 0. The number of hydrogen-bond acceptors (Lipinski definition) is 0. The first-order chi connectivity index (χ1) is 5.10. The van der Waals surface area contributed by atoms with Crippen LogP contribution in [0.5, 0.6) is 0 Å². The van der Waals surface area contributed by atoms with Crippen molar-refractivity contribution in [1.82, 2.24) is 0 Å². The Labute approximate surface area is 69.4 Å². The van der Waals surface area contributed by atoms with Gasteiger partial charge < -0.3 is 0 Å². The molecule has 5 atom stereocenters. The number of rotatable bonds is 0. The van der Waals surface area contributed by atoms with Crippen molar-refractivity contribution in [2.75, 3.05) is 0 Å². The summed E-state index contributed by atoms with van der Waals surface area (Å²) in [6.45, 7) is 7.47. The van der Waals surface area contributed by atoms with E-state index in [1.807, 2.05) is 0 Å². The Bertz CT molecular complexity index is 220. The van der Waals surface area contributed by atoms with Crippen LogP contribution >= 0.6 is 0 Å². The van der Waals surface area contributed by atoms with Gasteiger partial charge >= 0.3 is 0 Å². The maximum Gasteiger partial charge on any atom is -0.0204 e. The first kappa shape index (κ1) is 6.51. The fourth-order valence-corrected chi connectivity index (χ4v) is 4.11. The molecule has 0 aromatic rings. The van der Waals surface area contributed by atoms with Crippen molar-refractivity contribution in [1.29, 1.82) is 0 Å². The van der Waals surface area contributed by atoms with Gasteiger partial charge in [0.2, 0.25) is 0 Å². The zero-order valence-corrected chi connectivity index (χ0v) is 7.85. The minimum Gasteiger partial charge on any atom is -0.0622 e. The van der Waals surface area contributed by atoms with Crippen molar-refractivity contribution in [3.63, 3.8) is 0 Å². The molecule has 0 N–H and O–H groups in total. The molecule has 0 saturated heterocycles. The van der Waals surface area contributed by atoms with Crippen LogP contribution in [0.25, 0.3) is 0 Å². The molecule has 5 unspecified atom stereocenters. The van der Waals surface area contributed by atoms with Crippen molar-refractivity contribution in [3.05, 3.63) is 0 Å². The average molecular weight is 150 g/mol. The van der Waals surface area contributed by atoms with E-state index in [-0.39, 0.29) is 0 Å². The molecule has 0 amide bonds. The molecule has 3 aliphatic carbocycles. The molecule has 62 valence electrons. The standard InChI is InChI=1S/C11H18/c1-7-4-9-5-11(9)6-10(11,3)8(7)2/h7-9H,4-6H2,1-3H3. The van der Waals surface area contributed by atoms with E-state index in [4.69, 9.17) is 0 Å². The topological polar surface area (TPSA) is 0 Å². The summed E-state index contributed by atoms with van der Waals surface area (Å²) in [5.74, 6) is 3.16. The van der Waals surface area contributed by atoms with E-state index >= 15 is 0 Å². The van der Waals surface area contributed by atoms with Gasteiger partial charge in [-0.05, 0) is 47.8 Å². The molecule has 1 spiro atoms. The Morgan fingerprint density at radius 3 is 2.73 bits per heavy atom. The lowest BCUT2D eigenvalue weighted by Gasteiger charge is -2.31. The molecular weight excluding hydrogens is 132 g/mol. The van der Waals surface area contributed by atoms with Crippen LogP contribution in [0.15, 0.2) is 0 Å². The normalized spacial score (nSPS) is 71.7. The van der Waals surface area contributed by atoms with Crippen LogP contribution in [-0.4, -0.2) is 0 Å². The van der Waals surface area contributed by atoms with Crippen LogP contribution in [0.3, 0.4) is 0 Å². The largest absolute Gasteiger partial charge is 0.0622 e. The Morgan fingerprint density at radius 2 is 2.00 bits per heavy atom. The molecule has 3 fully saturated rings. The number of hydrogen-bond donors (Lipinski definition) is 0. The van der Waals surface area contributed by atoms with Gasteiger partial charge in [-0.1, -0.05) is 20.8 Å². The van der Waals surface area contributed by atoms with Gasteiger partial charge in [-0.2, -0.15) is 0 Å². The minimum absolute atomic E-state index is 0.787. The second-order valence-electron chi connectivity index (χ2n) is 5.65. The summed E-state index contributed by atoms with van der Waals surface area (Å²) in [4.78, 5) is 0. The Kier molecular flexibility index (Phi) is 0.832. The summed E-state index contributed by atoms with van der Waals surface area (Å²) in [5, 5.41) is 0. The maximum absolute atomic E-state index is 2.54. The molecule has 11 heavy (non-hydrogen) atoms. The quantitative estimate of drug-likeness (QED) is 0.498. The summed E-state index contributed by atoms with van der Waals surface area (Å²) in [5.41, 5.74) is 1.69. The predicted octanol–water partition coefficient (Wildman–Crippen LogP) is 3.08. The van der Waals surface area contributed by atoms with Gasteiger partial charge in [0, 0.05) is 0 Å². The second-order valence-corrected chi connectivity index (χ2v) is 5.65. The SMILES string of the molecule is CC1CC2CC23CC3(C)C1C. The van der Waals surface area contributed by atoms with Gasteiger partial charge in [0.25, 0.3) is 0 Å². The molecule has 3 aliphatic rings. The zero-order chi connectivity index (χ0) is 7.85. The zero-order valence-electron chi connectivity index (χ0n) is 7.85. The van der Waals surface area contributed by atoms with Gasteiger partial charge in [0.1, 0.15) is 0 Å². The van der Waals surface area contributed by atoms with Crippen LogP contribution in [0, 0.1) is 28.6 Å². The molecule has 0 bridgehead atoms. The van der Waals surface area contributed by atoms with E-state index < -0.39 is 0 Å². The molecule has 0 heteroatoms. The van der Waals surface area contributed by atoms with E-state index in [1.54, 1.807) is 12.8 Å². The van der Waals surface area contributed by atoms with Crippen molar-refractivity contribution >= 4 is 0 Å². The van der Waals surface area contributed by atoms with Gasteiger partial charge in [0.05, 0.1) is 0 Å². The molecule has 0 aromatic heterocycles. The Morgan fingerprint density at radius 1 is 1.27 bits per heavy atom. The van der Waals surface area contributed by atoms with Gasteiger partial charge in [-0.15, -0.1) is 0 Å². The summed E-state index contributed by atoms with van der Waals surface area (Å²) in [6, 6.07) is 0. The highest BCUT2D eigenvalue weighted by Gasteiger charge is 2.80. The van der Waals surface area contributed by atoms with Crippen LogP contribution in [0.4, 0.5) is 0 Å². The Balaban J connectivity index is 1.97. The smallest absolute Gasteiger partial charge is 0.0204 e. The van der Waals surface area contributed by atoms with Crippen LogP contribution in [0.1, 0.15) is 40.0 Å². The summed E-state index contributed by atoms with van der Waals surface area (Å²) in [7, 11) is 0. The first-order valence-corrected chi connectivity index (χ1v) is 5.10. The highest BCUT2D eigenvalue weighted by atomic mass is 14.8. The van der Waals surface area contributed by atoms with Gasteiger partial charge in [0.15, 0.2) is 0 Å². The lowest BCUT2D eigenvalue weighted by atomic mass is 9.74. The predicted molar refractivity (Wildman–Crippen MR) is 46.2 cm³/mol. The van der Waals surface area contributed by atoms with Crippen molar-refractivity contribution in [2.24, 2.45) is 28.6 Å². The van der Waals surface area contributed by atoms with Gasteiger partial charge in [-0.3, -0.25) is 0 Å². The monoisotopic (exact) mass is 150 g/mol. The molecular formula is C11H18. The average Bonchev–Trinajstić information content (AvgIpc) is 2.74. The molecule has 0 nitrogen and oxygen atoms in total. The molecule has 0 aromatic carbocycles. The molecule has 3 saturated carbocycles. The molecule has 0 aliphatic heterocycles.